The SMILES string of the molecule is CC(C)(C)CCP(=O)(O)O.COP(=O)(O)OCC(C)(C)C. The Morgan fingerprint density at radius 3 is 1.52 bits per heavy atom. The van der Waals surface area contributed by atoms with Gasteiger partial charge >= 0.3 is 15.4 Å². The molecule has 0 heterocycles. The Labute approximate surface area is 127 Å². The van der Waals surface area contributed by atoms with Gasteiger partial charge in [0.1, 0.15) is 0 Å². The van der Waals surface area contributed by atoms with E-state index in [1.807, 2.05) is 41.5 Å². The lowest BCUT2D eigenvalue weighted by molar-refractivity contribution is 0.126. The zero-order valence-electron chi connectivity index (χ0n) is 14.0. The van der Waals surface area contributed by atoms with Crippen molar-refractivity contribution in [3.8, 4) is 0 Å². The Hall–Kier alpha value is 0.260. The molecule has 0 spiro atoms. The first-order valence-corrected chi connectivity index (χ1v) is 9.84. The van der Waals surface area contributed by atoms with Crippen molar-refractivity contribution in [2.24, 2.45) is 10.8 Å². The normalized spacial score (nSPS) is 15.9. The molecule has 3 N–H and O–H groups in total. The second kappa shape index (κ2) is 8.78. The Morgan fingerprint density at radius 1 is 0.905 bits per heavy atom. The molecular formula is C12H30O7P2. The highest BCUT2D eigenvalue weighted by atomic mass is 31.2. The van der Waals surface area contributed by atoms with Gasteiger partial charge in [-0.25, -0.2) is 4.57 Å². The summed E-state index contributed by atoms with van der Waals surface area (Å²) in [6.45, 7) is 11.8. The Morgan fingerprint density at radius 2 is 1.33 bits per heavy atom. The van der Waals surface area contributed by atoms with E-state index < -0.39 is 15.4 Å². The fourth-order valence-electron chi connectivity index (χ4n) is 0.809. The molecule has 0 aromatic heterocycles. The van der Waals surface area contributed by atoms with Gasteiger partial charge in [0.25, 0.3) is 0 Å². The quantitative estimate of drug-likeness (QED) is 0.653. The maximum absolute atomic E-state index is 10.7. The van der Waals surface area contributed by atoms with Crippen LogP contribution in [0.5, 0.6) is 0 Å². The molecule has 0 bridgehead atoms. The minimum Gasteiger partial charge on any atom is -0.324 e. The molecule has 0 saturated carbocycles. The van der Waals surface area contributed by atoms with E-state index in [4.69, 9.17) is 14.7 Å². The molecule has 130 valence electrons. The Balaban J connectivity index is 0. The van der Waals surface area contributed by atoms with Crippen molar-refractivity contribution in [1.82, 2.24) is 0 Å². The van der Waals surface area contributed by atoms with Crippen LogP contribution in [0, 0.1) is 10.8 Å². The van der Waals surface area contributed by atoms with Gasteiger partial charge in [-0.2, -0.15) is 0 Å². The molecule has 0 rings (SSSR count). The van der Waals surface area contributed by atoms with E-state index in [0.717, 1.165) is 7.11 Å². The number of hydrogen-bond acceptors (Lipinski definition) is 4. The van der Waals surface area contributed by atoms with Crippen LogP contribution in [0.4, 0.5) is 0 Å². The van der Waals surface area contributed by atoms with E-state index in [2.05, 4.69) is 9.05 Å². The predicted molar refractivity (Wildman–Crippen MR) is 83.2 cm³/mol. The van der Waals surface area contributed by atoms with Crippen molar-refractivity contribution in [2.45, 2.75) is 48.0 Å². The van der Waals surface area contributed by atoms with Gasteiger partial charge in [0.2, 0.25) is 0 Å². The molecule has 0 fully saturated rings. The smallest absolute Gasteiger partial charge is 0.324 e. The largest absolute Gasteiger partial charge is 0.471 e. The van der Waals surface area contributed by atoms with Crippen LogP contribution in [0.1, 0.15) is 48.0 Å². The third-order valence-electron chi connectivity index (χ3n) is 2.04. The molecule has 9 heteroatoms. The summed E-state index contributed by atoms with van der Waals surface area (Å²) in [5.41, 5.74) is -0.113. The highest BCUT2D eigenvalue weighted by Gasteiger charge is 2.22. The lowest BCUT2D eigenvalue weighted by atomic mass is 9.94. The van der Waals surface area contributed by atoms with Crippen LogP contribution in [0.2, 0.25) is 0 Å². The number of phosphoric ester groups is 1. The van der Waals surface area contributed by atoms with Crippen LogP contribution in [-0.4, -0.2) is 34.6 Å². The van der Waals surface area contributed by atoms with Crippen LogP contribution in [0.15, 0.2) is 0 Å². The van der Waals surface area contributed by atoms with Crippen LogP contribution in [0.3, 0.4) is 0 Å². The molecule has 0 aliphatic rings. The van der Waals surface area contributed by atoms with E-state index >= 15 is 0 Å². The van der Waals surface area contributed by atoms with Crippen LogP contribution in [-0.2, 0) is 18.2 Å². The van der Waals surface area contributed by atoms with Crippen LogP contribution < -0.4 is 0 Å². The highest BCUT2D eigenvalue weighted by Crippen LogP contribution is 2.43. The lowest BCUT2D eigenvalue weighted by Gasteiger charge is -2.19. The minimum atomic E-state index is -3.77. The van der Waals surface area contributed by atoms with Gasteiger partial charge in [0, 0.05) is 7.11 Å². The summed E-state index contributed by atoms with van der Waals surface area (Å²) >= 11 is 0. The summed E-state index contributed by atoms with van der Waals surface area (Å²) in [5, 5.41) is 0. The van der Waals surface area contributed by atoms with Crippen molar-refractivity contribution in [3.05, 3.63) is 0 Å². The second-order valence-electron chi connectivity index (χ2n) is 7.18. The summed E-state index contributed by atoms with van der Waals surface area (Å²) < 4.78 is 30.0. The molecule has 1 atom stereocenters. The van der Waals surface area contributed by atoms with E-state index in [9.17, 15) is 9.13 Å². The van der Waals surface area contributed by atoms with Gasteiger partial charge in [-0.3, -0.25) is 13.6 Å². The average Bonchev–Trinajstić information content (AvgIpc) is 2.22. The van der Waals surface area contributed by atoms with Gasteiger partial charge in [-0.05, 0) is 17.3 Å². The first-order valence-electron chi connectivity index (χ1n) is 6.55. The molecule has 0 amide bonds. The third kappa shape index (κ3) is 22.7. The molecular weight excluding hydrogens is 318 g/mol. The minimum absolute atomic E-state index is 0.00347. The van der Waals surface area contributed by atoms with Crippen molar-refractivity contribution >= 4 is 15.4 Å². The lowest BCUT2D eigenvalue weighted by Crippen LogP contribution is -2.13. The van der Waals surface area contributed by atoms with E-state index in [1.54, 1.807) is 0 Å². The van der Waals surface area contributed by atoms with Crippen LogP contribution in [0.25, 0.3) is 0 Å². The highest BCUT2D eigenvalue weighted by molar-refractivity contribution is 7.51. The van der Waals surface area contributed by atoms with Gasteiger partial charge in [0.05, 0.1) is 12.8 Å². The summed E-state index contributed by atoms with van der Waals surface area (Å²) in [6.07, 6.45) is 0.563. The summed E-state index contributed by atoms with van der Waals surface area (Å²) in [5.74, 6) is 0. The molecule has 7 nitrogen and oxygen atoms in total. The fourth-order valence-corrected chi connectivity index (χ4v) is 2.43. The molecule has 0 radical (unpaired) electrons. The van der Waals surface area contributed by atoms with E-state index in [-0.39, 0.29) is 23.6 Å². The standard InChI is InChI=1S/C6H15O4P.C6H15O3P/c1-6(2,3)5-10-11(7,8)9-4;1-6(2,3)4-5-10(7,8)9/h5H2,1-4H3,(H,7,8);4-5H2,1-3H3,(H2,7,8,9). The van der Waals surface area contributed by atoms with Crippen molar-refractivity contribution in [1.29, 1.82) is 0 Å². The van der Waals surface area contributed by atoms with Crippen molar-refractivity contribution < 1.29 is 32.9 Å². The topological polar surface area (TPSA) is 113 Å². The summed E-state index contributed by atoms with van der Waals surface area (Å²) in [7, 11) is -6.39. The van der Waals surface area contributed by atoms with E-state index in [0.29, 0.717) is 6.42 Å². The molecule has 21 heavy (non-hydrogen) atoms. The predicted octanol–water partition coefficient (Wildman–Crippen LogP) is 3.40. The molecule has 0 aromatic carbocycles. The van der Waals surface area contributed by atoms with Gasteiger partial charge in [0.15, 0.2) is 0 Å². The van der Waals surface area contributed by atoms with Crippen molar-refractivity contribution in [3.63, 3.8) is 0 Å². The fraction of sp³-hybridized carbons (Fsp3) is 1.00. The maximum Gasteiger partial charge on any atom is 0.471 e. The summed E-state index contributed by atoms with van der Waals surface area (Å²) in [6, 6.07) is 0. The summed E-state index contributed by atoms with van der Waals surface area (Å²) in [4.78, 5) is 25.8. The molecule has 0 aromatic rings. The number of hydrogen-bond donors (Lipinski definition) is 3. The molecule has 0 saturated heterocycles. The molecule has 0 aliphatic carbocycles. The van der Waals surface area contributed by atoms with Gasteiger partial charge < -0.3 is 14.7 Å². The van der Waals surface area contributed by atoms with Crippen molar-refractivity contribution in [2.75, 3.05) is 19.9 Å². The zero-order valence-corrected chi connectivity index (χ0v) is 15.8. The monoisotopic (exact) mass is 348 g/mol. The van der Waals surface area contributed by atoms with E-state index in [1.165, 1.54) is 0 Å². The first kappa shape index (κ1) is 23.5. The molecule has 1 unspecified atom stereocenters. The zero-order chi connectivity index (χ0) is 17.5. The third-order valence-corrected chi connectivity index (χ3v) is 3.77. The Bertz CT molecular complexity index is 376. The average molecular weight is 348 g/mol. The number of rotatable bonds is 5. The second-order valence-corrected chi connectivity index (χ2v) is 10.5. The Kier molecular flexibility index (Phi) is 9.83. The van der Waals surface area contributed by atoms with Gasteiger partial charge in [-0.1, -0.05) is 41.5 Å². The van der Waals surface area contributed by atoms with Crippen LogP contribution >= 0.6 is 15.4 Å². The first-order chi connectivity index (χ1) is 8.97. The van der Waals surface area contributed by atoms with Gasteiger partial charge in [-0.15, -0.1) is 0 Å². The number of phosphoric acid groups is 1. The molecule has 0 aliphatic heterocycles. The maximum atomic E-state index is 10.7.